The first kappa shape index (κ1) is 36.3. The van der Waals surface area contributed by atoms with Gasteiger partial charge in [-0.1, -0.05) is 45.0 Å². The van der Waals surface area contributed by atoms with Gasteiger partial charge in [0.15, 0.2) is 5.76 Å². The Hall–Kier alpha value is -3.97. The molecule has 0 saturated carbocycles. The summed E-state index contributed by atoms with van der Waals surface area (Å²) in [7, 11) is 0. The quantitative estimate of drug-likeness (QED) is 0.279. The fraction of sp³-hybridized carbons (Fsp3) is 0.583. The highest BCUT2D eigenvalue weighted by atomic mass is 32.1. The molecular formula is C36H49N5O7S. The van der Waals surface area contributed by atoms with Gasteiger partial charge in [-0.3, -0.25) is 9.59 Å². The monoisotopic (exact) mass is 695 g/mol. The van der Waals surface area contributed by atoms with E-state index in [1.165, 1.54) is 4.90 Å². The van der Waals surface area contributed by atoms with Gasteiger partial charge in [-0.2, -0.15) is 0 Å². The molecular weight excluding hydrogens is 646 g/mol. The number of amides is 3. The zero-order chi connectivity index (χ0) is 35.5. The molecule has 0 radical (unpaired) electrons. The van der Waals surface area contributed by atoms with Crippen molar-refractivity contribution in [3.63, 3.8) is 0 Å². The second kappa shape index (κ2) is 14.9. The average molecular weight is 696 g/mol. The standard InChI is InChI=1S/C36H49N5O7S/c1-22(2)30(28-17-29(39-48-28)46-20-36(7)12-14-40(15-13-36)34(45)47-35(4,5)6)33(44)41-19-26(42)16-27(41)32(43)37-18-24-8-10-25(11-9-24)31-23(3)38-21-49-31/h8-11,17,21-22,26-27,30,42H,12-16,18-20H2,1-7H3,(H,37,43)/t26-,27+,30+/m1/s1. The van der Waals surface area contributed by atoms with Gasteiger partial charge in [-0.15, -0.1) is 11.3 Å². The van der Waals surface area contributed by atoms with E-state index < -0.39 is 23.7 Å². The molecule has 2 aliphatic rings. The van der Waals surface area contributed by atoms with Gasteiger partial charge in [-0.05, 0) is 62.7 Å². The van der Waals surface area contributed by atoms with Gasteiger partial charge in [0.05, 0.1) is 28.8 Å². The smallest absolute Gasteiger partial charge is 0.410 e. The number of aromatic nitrogens is 2. The molecule has 2 saturated heterocycles. The van der Waals surface area contributed by atoms with Crippen LogP contribution in [-0.2, 0) is 20.9 Å². The van der Waals surface area contributed by atoms with Gasteiger partial charge in [0, 0.05) is 44.1 Å². The number of hydrogen-bond donors (Lipinski definition) is 2. The maximum atomic E-state index is 14.0. The number of likely N-dealkylation sites (tertiary alicyclic amines) is 2. The van der Waals surface area contributed by atoms with E-state index in [0.29, 0.717) is 32.0 Å². The Balaban J connectivity index is 1.17. The molecule has 4 heterocycles. The van der Waals surface area contributed by atoms with Crippen molar-refractivity contribution in [2.75, 3.05) is 26.2 Å². The summed E-state index contributed by atoms with van der Waals surface area (Å²) in [4.78, 5) is 48.5. The Morgan fingerprint density at radius 3 is 2.47 bits per heavy atom. The van der Waals surface area contributed by atoms with Crippen molar-refractivity contribution in [3.8, 4) is 16.3 Å². The zero-order valence-corrected chi connectivity index (χ0v) is 30.3. The number of piperidine rings is 1. The lowest BCUT2D eigenvalue weighted by Gasteiger charge is -2.39. The average Bonchev–Trinajstić information content (AvgIpc) is 3.78. The molecule has 0 spiro atoms. The van der Waals surface area contributed by atoms with Crippen LogP contribution in [0.15, 0.2) is 40.4 Å². The van der Waals surface area contributed by atoms with Crippen molar-refractivity contribution in [2.24, 2.45) is 11.3 Å². The van der Waals surface area contributed by atoms with Crippen molar-refractivity contribution in [1.82, 2.24) is 25.3 Å². The molecule has 5 rings (SSSR count). The largest absolute Gasteiger partial charge is 0.475 e. The molecule has 13 heteroatoms. The fourth-order valence-electron chi connectivity index (χ4n) is 6.31. The number of hydrogen-bond acceptors (Lipinski definition) is 10. The summed E-state index contributed by atoms with van der Waals surface area (Å²) in [6.07, 6.45) is 0.510. The van der Waals surface area contributed by atoms with E-state index in [9.17, 15) is 19.5 Å². The van der Waals surface area contributed by atoms with Crippen molar-refractivity contribution < 1.29 is 33.5 Å². The third-order valence-electron chi connectivity index (χ3n) is 9.23. The normalized spacial score (nSPS) is 19.9. The molecule has 2 aromatic heterocycles. The molecule has 2 fully saturated rings. The van der Waals surface area contributed by atoms with Gasteiger partial charge in [0.2, 0.25) is 11.8 Å². The van der Waals surface area contributed by atoms with Gasteiger partial charge < -0.3 is 34.2 Å². The number of carbonyl (C=O) groups excluding carboxylic acids is 3. The van der Waals surface area contributed by atoms with E-state index in [1.54, 1.807) is 22.3 Å². The second-order valence-electron chi connectivity index (χ2n) is 14.9. The number of ether oxygens (including phenoxy) is 2. The number of carbonyl (C=O) groups is 3. The van der Waals surface area contributed by atoms with Crippen molar-refractivity contribution in [1.29, 1.82) is 0 Å². The van der Waals surface area contributed by atoms with E-state index in [0.717, 1.165) is 34.5 Å². The first-order valence-corrected chi connectivity index (χ1v) is 17.8. The lowest BCUT2D eigenvalue weighted by atomic mass is 9.81. The third kappa shape index (κ3) is 8.99. The Morgan fingerprint density at radius 2 is 1.86 bits per heavy atom. The molecule has 49 heavy (non-hydrogen) atoms. The Labute approximate surface area is 292 Å². The highest BCUT2D eigenvalue weighted by Gasteiger charge is 2.43. The summed E-state index contributed by atoms with van der Waals surface area (Å²) in [5.41, 5.74) is 4.07. The Kier molecular flexibility index (Phi) is 11.0. The van der Waals surface area contributed by atoms with E-state index in [-0.39, 0.29) is 48.1 Å². The second-order valence-corrected chi connectivity index (χ2v) is 15.8. The molecule has 0 bridgehead atoms. The predicted octanol–water partition coefficient (Wildman–Crippen LogP) is 5.54. The minimum atomic E-state index is -0.814. The molecule has 2 N–H and O–H groups in total. The minimum absolute atomic E-state index is 0.0548. The predicted molar refractivity (Wildman–Crippen MR) is 185 cm³/mol. The number of rotatable bonds is 10. The van der Waals surface area contributed by atoms with Crippen LogP contribution in [-0.4, -0.2) is 86.9 Å². The molecule has 3 atom stereocenters. The first-order valence-electron chi connectivity index (χ1n) is 17.0. The van der Waals surface area contributed by atoms with Crippen LogP contribution in [0.2, 0.25) is 0 Å². The van der Waals surface area contributed by atoms with Crippen LogP contribution in [0, 0.1) is 18.3 Å². The number of aryl methyl sites for hydroxylation is 1. The number of β-amino-alcohol motifs (C(OH)–C–C–N with tert-alkyl or cyclic N) is 1. The zero-order valence-electron chi connectivity index (χ0n) is 29.5. The highest BCUT2D eigenvalue weighted by molar-refractivity contribution is 7.13. The van der Waals surface area contributed by atoms with Crippen LogP contribution < -0.4 is 10.1 Å². The van der Waals surface area contributed by atoms with Gasteiger partial charge in [0.25, 0.3) is 5.88 Å². The van der Waals surface area contributed by atoms with Crippen LogP contribution in [0.3, 0.4) is 0 Å². The lowest BCUT2D eigenvalue weighted by molar-refractivity contribution is -0.141. The van der Waals surface area contributed by atoms with E-state index in [1.807, 2.05) is 71.3 Å². The minimum Gasteiger partial charge on any atom is -0.475 e. The van der Waals surface area contributed by atoms with Crippen LogP contribution >= 0.6 is 11.3 Å². The first-order chi connectivity index (χ1) is 23.1. The fourth-order valence-corrected chi connectivity index (χ4v) is 7.13. The number of thiazole rings is 1. The highest BCUT2D eigenvalue weighted by Crippen LogP contribution is 2.35. The number of benzene rings is 1. The van der Waals surface area contributed by atoms with Crippen LogP contribution in [0.4, 0.5) is 4.79 Å². The summed E-state index contributed by atoms with van der Waals surface area (Å²) < 4.78 is 17.2. The summed E-state index contributed by atoms with van der Waals surface area (Å²) in [5.74, 6) is -0.901. The van der Waals surface area contributed by atoms with Gasteiger partial charge in [-0.25, -0.2) is 9.78 Å². The topological polar surface area (TPSA) is 147 Å². The van der Waals surface area contributed by atoms with Gasteiger partial charge >= 0.3 is 6.09 Å². The number of nitrogens with one attached hydrogen (secondary N) is 1. The summed E-state index contributed by atoms with van der Waals surface area (Å²) in [5, 5.41) is 17.6. The van der Waals surface area contributed by atoms with Crippen LogP contribution in [0.5, 0.6) is 5.88 Å². The van der Waals surface area contributed by atoms with Crippen LogP contribution in [0.1, 0.15) is 83.7 Å². The number of nitrogens with zero attached hydrogens (tertiary/aromatic N) is 4. The molecule has 2 aliphatic heterocycles. The summed E-state index contributed by atoms with van der Waals surface area (Å²) in [6, 6.07) is 8.78. The van der Waals surface area contributed by atoms with Crippen molar-refractivity contribution >= 4 is 29.2 Å². The van der Waals surface area contributed by atoms with Crippen LogP contribution in [0.25, 0.3) is 10.4 Å². The van der Waals surface area contributed by atoms with Crippen molar-refractivity contribution in [3.05, 3.63) is 52.9 Å². The molecule has 0 aliphatic carbocycles. The van der Waals surface area contributed by atoms with E-state index >= 15 is 0 Å². The maximum absolute atomic E-state index is 14.0. The van der Waals surface area contributed by atoms with E-state index in [4.69, 9.17) is 14.0 Å². The summed E-state index contributed by atoms with van der Waals surface area (Å²) >= 11 is 1.59. The number of aliphatic hydroxyl groups excluding tert-OH is 1. The molecule has 1 aromatic carbocycles. The lowest BCUT2D eigenvalue weighted by Crippen LogP contribution is -2.48. The molecule has 3 amide bonds. The molecule has 3 aromatic rings. The number of aliphatic hydroxyl groups is 1. The Bertz CT molecular complexity index is 1600. The molecule has 12 nitrogen and oxygen atoms in total. The van der Waals surface area contributed by atoms with Gasteiger partial charge in [0.1, 0.15) is 17.6 Å². The van der Waals surface area contributed by atoms with E-state index in [2.05, 4.69) is 22.4 Å². The summed E-state index contributed by atoms with van der Waals surface area (Å²) in [6.45, 7) is 15.3. The SMILES string of the molecule is Cc1ncsc1-c1ccc(CNC(=O)[C@@H]2C[C@@H](O)CN2C(=O)[C@H](c2cc(OCC3(C)CCN(C(=O)OC(C)(C)C)CC3)no2)C(C)C)cc1. The molecule has 266 valence electrons. The Morgan fingerprint density at radius 1 is 1.16 bits per heavy atom. The third-order valence-corrected chi connectivity index (χ3v) is 10.2. The maximum Gasteiger partial charge on any atom is 0.410 e. The van der Waals surface area contributed by atoms with Crippen molar-refractivity contribution in [2.45, 2.75) is 97.9 Å². The molecule has 0 unspecified atom stereocenters.